The number of rotatable bonds is 4. The first-order valence-corrected chi connectivity index (χ1v) is 7.80. The van der Waals surface area contributed by atoms with E-state index in [1.165, 1.54) is 0 Å². The van der Waals surface area contributed by atoms with Gasteiger partial charge in [-0.1, -0.05) is 13.3 Å². The maximum atomic E-state index is 11.8. The molecule has 1 aromatic heterocycles. The minimum atomic E-state index is -3.90. The van der Waals surface area contributed by atoms with E-state index in [9.17, 15) is 13.2 Å². The number of sulfonamides is 1. The molecule has 0 spiro atoms. The summed E-state index contributed by atoms with van der Waals surface area (Å²) in [6.45, 7) is 2.05. The number of halogens is 1. The molecule has 2 unspecified atom stereocenters. The van der Waals surface area contributed by atoms with E-state index in [-0.39, 0.29) is 21.4 Å². The van der Waals surface area contributed by atoms with Crippen molar-refractivity contribution in [3.8, 4) is 0 Å². The number of carbonyl (C=O) groups excluding carboxylic acids is 1. The Balaban J connectivity index is 2.13. The van der Waals surface area contributed by atoms with Crippen molar-refractivity contribution in [2.75, 3.05) is 0 Å². The largest absolute Gasteiger partial charge is 0.443 e. The molecule has 1 aliphatic rings. The Morgan fingerprint density at radius 3 is 2.78 bits per heavy atom. The van der Waals surface area contributed by atoms with Crippen molar-refractivity contribution in [3.05, 3.63) is 16.5 Å². The van der Waals surface area contributed by atoms with Gasteiger partial charge in [-0.15, -0.1) is 0 Å². The molecule has 0 saturated heterocycles. The topological polar surface area (TPSA) is 102 Å². The van der Waals surface area contributed by atoms with Crippen LogP contribution in [0.25, 0.3) is 0 Å². The third-order valence-corrected chi connectivity index (χ3v) is 4.72. The van der Waals surface area contributed by atoms with Gasteiger partial charge in [-0.2, -0.15) is 0 Å². The van der Waals surface area contributed by atoms with E-state index in [2.05, 4.69) is 28.2 Å². The Hall–Kier alpha value is -0.860. The molecule has 2 rings (SSSR count). The number of carbonyl (C=O) groups is 1. The van der Waals surface area contributed by atoms with Gasteiger partial charge in [0.15, 0.2) is 10.4 Å². The zero-order chi connectivity index (χ0) is 13.5. The van der Waals surface area contributed by atoms with Crippen LogP contribution in [0.3, 0.4) is 0 Å². The Morgan fingerprint density at radius 1 is 1.67 bits per heavy atom. The molecule has 100 valence electrons. The molecule has 1 aromatic rings. The Bertz CT molecular complexity index is 581. The van der Waals surface area contributed by atoms with Crippen molar-refractivity contribution >= 4 is 31.9 Å². The molecule has 0 bridgehead atoms. The molecular weight excluding hydrogens is 324 g/mol. The van der Waals surface area contributed by atoms with Gasteiger partial charge in [-0.25, -0.2) is 13.6 Å². The summed E-state index contributed by atoms with van der Waals surface area (Å²) in [5.41, 5.74) is 0. The number of furan rings is 1. The monoisotopic (exact) mass is 336 g/mol. The van der Waals surface area contributed by atoms with Crippen LogP contribution >= 0.6 is 15.9 Å². The first-order valence-electron chi connectivity index (χ1n) is 5.46. The molecule has 0 aromatic carbocycles. The lowest BCUT2D eigenvalue weighted by molar-refractivity contribution is 0.0920. The van der Waals surface area contributed by atoms with Gasteiger partial charge < -0.3 is 9.73 Å². The van der Waals surface area contributed by atoms with E-state index < -0.39 is 15.9 Å². The number of hydrogen-bond donors (Lipinski definition) is 2. The molecular formula is C10H13BrN2O4S. The van der Waals surface area contributed by atoms with E-state index >= 15 is 0 Å². The van der Waals surface area contributed by atoms with Gasteiger partial charge in [-0.05, 0) is 28.3 Å². The van der Waals surface area contributed by atoms with E-state index in [0.29, 0.717) is 5.92 Å². The summed E-state index contributed by atoms with van der Waals surface area (Å²) in [6.07, 6.45) is 1.96. The summed E-state index contributed by atoms with van der Waals surface area (Å²) in [7, 11) is -3.90. The highest BCUT2D eigenvalue weighted by Crippen LogP contribution is 2.33. The van der Waals surface area contributed by atoms with Crippen molar-refractivity contribution in [2.24, 2.45) is 11.1 Å². The summed E-state index contributed by atoms with van der Waals surface area (Å²) in [5.74, 6) is 0.0178. The first-order chi connectivity index (χ1) is 8.32. The predicted molar refractivity (Wildman–Crippen MR) is 67.4 cm³/mol. The zero-order valence-corrected chi connectivity index (χ0v) is 12.0. The van der Waals surface area contributed by atoms with Crippen molar-refractivity contribution in [1.82, 2.24) is 5.32 Å². The molecule has 0 radical (unpaired) electrons. The minimum absolute atomic E-state index is 0.0574. The molecule has 2 atom stereocenters. The SMILES string of the molecule is CCC1CC1NC(=O)c1cc(S(N)(=O)=O)c(Br)o1. The first kappa shape index (κ1) is 13.6. The van der Waals surface area contributed by atoms with Crippen molar-refractivity contribution < 1.29 is 17.6 Å². The molecule has 1 saturated carbocycles. The number of nitrogens with two attached hydrogens (primary N) is 1. The van der Waals surface area contributed by atoms with Crippen LogP contribution in [0.15, 0.2) is 20.0 Å². The molecule has 18 heavy (non-hydrogen) atoms. The van der Waals surface area contributed by atoms with Gasteiger partial charge in [-0.3, -0.25) is 4.79 Å². The van der Waals surface area contributed by atoms with Crippen LogP contribution in [0.4, 0.5) is 0 Å². The van der Waals surface area contributed by atoms with Crippen LogP contribution in [0.1, 0.15) is 30.3 Å². The van der Waals surface area contributed by atoms with Crippen molar-refractivity contribution in [1.29, 1.82) is 0 Å². The summed E-state index contributed by atoms with van der Waals surface area (Å²) in [4.78, 5) is 11.6. The van der Waals surface area contributed by atoms with Crippen LogP contribution in [0.2, 0.25) is 0 Å². The maximum Gasteiger partial charge on any atom is 0.287 e. The fourth-order valence-electron chi connectivity index (χ4n) is 1.77. The molecule has 6 nitrogen and oxygen atoms in total. The van der Waals surface area contributed by atoms with Crippen molar-refractivity contribution in [3.63, 3.8) is 0 Å². The molecule has 1 fully saturated rings. The quantitative estimate of drug-likeness (QED) is 0.862. The second-order valence-electron chi connectivity index (χ2n) is 4.28. The van der Waals surface area contributed by atoms with E-state index in [1.54, 1.807) is 0 Å². The average molecular weight is 337 g/mol. The second kappa shape index (κ2) is 4.67. The van der Waals surface area contributed by atoms with E-state index in [1.807, 2.05) is 0 Å². The lowest BCUT2D eigenvalue weighted by Gasteiger charge is -2.00. The van der Waals surface area contributed by atoms with Gasteiger partial charge in [0.2, 0.25) is 10.0 Å². The van der Waals surface area contributed by atoms with E-state index in [0.717, 1.165) is 18.9 Å². The number of primary sulfonamides is 1. The summed E-state index contributed by atoms with van der Waals surface area (Å²) in [6, 6.07) is 1.28. The average Bonchev–Trinajstić information content (AvgIpc) is 2.88. The Labute approximate surface area is 113 Å². The Kier molecular flexibility index (Phi) is 3.52. The molecule has 1 heterocycles. The zero-order valence-electron chi connectivity index (χ0n) is 9.64. The summed E-state index contributed by atoms with van der Waals surface area (Å²) >= 11 is 2.92. The predicted octanol–water partition coefficient (Wildman–Crippen LogP) is 1.22. The highest BCUT2D eigenvalue weighted by Gasteiger charge is 2.37. The highest BCUT2D eigenvalue weighted by molar-refractivity contribution is 9.10. The molecule has 3 N–H and O–H groups in total. The highest BCUT2D eigenvalue weighted by atomic mass is 79.9. The number of nitrogens with one attached hydrogen (secondary N) is 1. The van der Waals surface area contributed by atoms with Crippen LogP contribution in [-0.2, 0) is 10.0 Å². The van der Waals surface area contributed by atoms with Gasteiger partial charge >= 0.3 is 0 Å². The van der Waals surface area contributed by atoms with Crippen LogP contribution in [0.5, 0.6) is 0 Å². The third-order valence-electron chi connectivity index (χ3n) is 2.95. The third kappa shape index (κ3) is 2.76. The standard InChI is InChI=1S/C10H13BrN2O4S/c1-2-5-3-6(5)13-10(14)7-4-8(9(11)17-7)18(12,15)16/h4-6H,2-3H2,1H3,(H,13,14)(H2,12,15,16). The molecule has 0 aliphatic heterocycles. The number of hydrogen-bond acceptors (Lipinski definition) is 4. The second-order valence-corrected chi connectivity index (χ2v) is 6.53. The van der Waals surface area contributed by atoms with Crippen LogP contribution in [0, 0.1) is 5.92 Å². The maximum absolute atomic E-state index is 11.8. The fraction of sp³-hybridized carbons (Fsp3) is 0.500. The van der Waals surface area contributed by atoms with Gasteiger partial charge in [0, 0.05) is 12.1 Å². The van der Waals surface area contributed by atoms with E-state index in [4.69, 9.17) is 9.56 Å². The summed E-state index contributed by atoms with van der Waals surface area (Å²) in [5, 5.41) is 7.75. The smallest absolute Gasteiger partial charge is 0.287 e. The minimum Gasteiger partial charge on any atom is -0.443 e. The summed E-state index contributed by atoms with van der Waals surface area (Å²) < 4.78 is 27.3. The lowest BCUT2D eigenvalue weighted by atomic mass is 10.3. The lowest BCUT2D eigenvalue weighted by Crippen LogP contribution is -2.26. The molecule has 8 heteroatoms. The van der Waals surface area contributed by atoms with Crippen molar-refractivity contribution in [2.45, 2.75) is 30.7 Å². The van der Waals surface area contributed by atoms with Gasteiger partial charge in [0.05, 0.1) is 0 Å². The van der Waals surface area contributed by atoms with Crippen LogP contribution < -0.4 is 10.5 Å². The molecule has 1 aliphatic carbocycles. The molecule has 1 amide bonds. The fourth-order valence-corrected chi connectivity index (χ4v) is 3.28. The van der Waals surface area contributed by atoms with Gasteiger partial charge in [0.1, 0.15) is 4.90 Å². The normalized spacial score (nSPS) is 22.8. The van der Waals surface area contributed by atoms with Crippen LogP contribution in [-0.4, -0.2) is 20.4 Å². The Morgan fingerprint density at radius 2 is 2.33 bits per heavy atom. The van der Waals surface area contributed by atoms with Gasteiger partial charge in [0.25, 0.3) is 5.91 Å². The number of amides is 1.